The zero-order chi connectivity index (χ0) is 17.2. The Morgan fingerprint density at radius 1 is 0.522 bits per heavy atom. The molecule has 0 aliphatic heterocycles. The maximum atomic E-state index is 10.2. The van der Waals surface area contributed by atoms with Crippen molar-refractivity contribution in [3.05, 3.63) is 0 Å². The van der Waals surface area contributed by atoms with Crippen LogP contribution < -0.4 is 0 Å². The standard InChI is InChI=1S/C22H46O/c1-4-6-8-10-11-12-13-14-16-18-20-22(23)21(3)19-17-15-9-7-5-2/h21-23H,4-20H2,1-3H3. The Bertz CT molecular complexity index is 214. The van der Waals surface area contributed by atoms with Gasteiger partial charge in [0.2, 0.25) is 0 Å². The molecular weight excluding hydrogens is 280 g/mol. The minimum Gasteiger partial charge on any atom is -0.393 e. The minimum atomic E-state index is -0.0600. The van der Waals surface area contributed by atoms with E-state index in [0.29, 0.717) is 5.92 Å². The van der Waals surface area contributed by atoms with E-state index in [1.165, 1.54) is 103 Å². The van der Waals surface area contributed by atoms with Gasteiger partial charge in [0, 0.05) is 0 Å². The molecule has 2 unspecified atom stereocenters. The van der Waals surface area contributed by atoms with Gasteiger partial charge in [-0.3, -0.25) is 0 Å². The summed E-state index contributed by atoms with van der Waals surface area (Å²) >= 11 is 0. The van der Waals surface area contributed by atoms with E-state index in [1.54, 1.807) is 0 Å². The summed E-state index contributed by atoms with van der Waals surface area (Å²) in [6, 6.07) is 0. The van der Waals surface area contributed by atoms with Crippen molar-refractivity contribution < 1.29 is 5.11 Å². The fraction of sp³-hybridized carbons (Fsp3) is 1.00. The van der Waals surface area contributed by atoms with Crippen LogP contribution in [0.5, 0.6) is 0 Å². The first kappa shape index (κ1) is 23.0. The average molecular weight is 327 g/mol. The van der Waals surface area contributed by atoms with Crippen molar-refractivity contribution >= 4 is 0 Å². The van der Waals surface area contributed by atoms with E-state index < -0.39 is 0 Å². The van der Waals surface area contributed by atoms with E-state index in [4.69, 9.17) is 0 Å². The van der Waals surface area contributed by atoms with Crippen molar-refractivity contribution in [2.45, 2.75) is 136 Å². The number of rotatable bonds is 18. The molecule has 0 rings (SSSR count). The predicted molar refractivity (Wildman–Crippen MR) is 105 cm³/mol. The van der Waals surface area contributed by atoms with Crippen LogP contribution in [0.15, 0.2) is 0 Å². The second-order valence-corrected chi connectivity index (χ2v) is 7.72. The molecule has 0 fully saturated rings. The molecule has 140 valence electrons. The first-order chi connectivity index (χ1) is 11.2. The third-order valence-corrected chi connectivity index (χ3v) is 5.27. The van der Waals surface area contributed by atoms with Crippen molar-refractivity contribution in [2.24, 2.45) is 5.92 Å². The lowest BCUT2D eigenvalue weighted by molar-refractivity contribution is 0.0985. The van der Waals surface area contributed by atoms with Crippen LogP contribution in [0.4, 0.5) is 0 Å². The summed E-state index contributed by atoms with van der Waals surface area (Å²) in [6.07, 6.45) is 22.6. The highest BCUT2D eigenvalue weighted by atomic mass is 16.3. The Morgan fingerprint density at radius 2 is 0.870 bits per heavy atom. The average Bonchev–Trinajstić information content (AvgIpc) is 2.56. The molecule has 0 aromatic carbocycles. The normalized spacial score (nSPS) is 14.1. The van der Waals surface area contributed by atoms with Crippen LogP contribution in [0.1, 0.15) is 130 Å². The number of unbranched alkanes of at least 4 members (excludes halogenated alkanes) is 13. The smallest absolute Gasteiger partial charge is 0.0565 e. The second kappa shape index (κ2) is 18.3. The lowest BCUT2D eigenvalue weighted by Gasteiger charge is -2.18. The molecule has 0 radical (unpaired) electrons. The highest BCUT2D eigenvalue weighted by Gasteiger charge is 2.13. The van der Waals surface area contributed by atoms with Crippen LogP contribution in [0, 0.1) is 5.92 Å². The molecule has 23 heavy (non-hydrogen) atoms. The predicted octanol–water partition coefficient (Wildman–Crippen LogP) is 7.65. The summed E-state index contributed by atoms with van der Waals surface area (Å²) in [6.45, 7) is 6.78. The molecule has 0 bridgehead atoms. The number of aliphatic hydroxyl groups excluding tert-OH is 1. The summed E-state index contributed by atoms with van der Waals surface area (Å²) in [4.78, 5) is 0. The van der Waals surface area contributed by atoms with Gasteiger partial charge in [-0.1, -0.05) is 117 Å². The molecule has 0 aliphatic carbocycles. The zero-order valence-electron chi connectivity index (χ0n) is 16.6. The van der Waals surface area contributed by atoms with E-state index in [1.807, 2.05) is 0 Å². The summed E-state index contributed by atoms with van der Waals surface area (Å²) in [7, 11) is 0. The van der Waals surface area contributed by atoms with Crippen LogP contribution in [-0.2, 0) is 0 Å². The van der Waals surface area contributed by atoms with Crippen molar-refractivity contribution in [1.82, 2.24) is 0 Å². The van der Waals surface area contributed by atoms with Gasteiger partial charge in [0.05, 0.1) is 6.10 Å². The van der Waals surface area contributed by atoms with Crippen molar-refractivity contribution in [3.63, 3.8) is 0 Å². The van der Waals surface area contributed by atoms with Gasteiger partial charge < -0.3 is 5.11 Å². The van der Waals surface area contributed by atoms with E-state index >= 15 is 0 Å². The molecular formula is C22H46O. The Hall–Kier alpha value is -0.0400. The lowest BCUT2D eigenvalue weighted by atomic mass is 9.93. The van der Waals surface area contributed by atoms with Gasteiger partial charge in [-0.2, -0.15) is 0 Å². The molecule has 0 aliphatic rings. The molecule has 1 N–H and O–H groups in total. The quantitative estimate of drug-likeness (QED) is 0.256. The lowest BCUT2D eigenvalue weighted by Crippen LogP contribution is -2.17. The van der Waals surface area contributed by atoms with Gasteiger partial charge in [-0.15, -0.1) is 0 Å². The maximum Gasteiger partial charge on any atom is 0.0565 e. The number of hydrogen-bond donors (Lipinski definition) is 1. The number of aliphatic hydroxyl groups is 1. The minimum absolute atomic E-state index is 0.0600. The topological polar surface area (TPSA) is 20.2 Å². The van der Waals surface area contributed by atoms with Crippen molar-refractivity contribution in [3.8, 4) is 0 Å². The summed E-state index contributed by atoms with van der Waals surface area (Å²) in [5.74, 6) is 0.496. The van der Waals surface area contributed by atoms with Gasteiger partial charge >= 0.3 is 0 Å². The summed E-state index contributed by atoms with van der Waals surface area (Å²) in [5, 5.41) is 10.2. The molecule has 0 amide bonds. The Labute approximate surface area is 147 Å². The monoisotopic (exact) mass is 326 g/mol. The first-order valence-electron chi connectivity index (χ1n) is 10.9. The Kier molecular flexibility index (Phi) is 18.3. The second-order valence-electron chi connectivity index (χ2n) is 7.72. The van der Waals surface area contributed by atoms with E-state index in [0.717, 1.165) is 6.42 Å². The molecule has 0 spiro atoms. The molecule has 1 nitrogen and oxygen atoms in total. The maximum absolute atomic E-state index is 10.2. The van der Waals surface area contributed by atoms with Crippen LogP contribution >= 0.6 is 0 Å². The van der Waals surface area contributed by atoms with Gasteiger partial charge in [-0.05, 0) is 18.8 Å². The number of hydrogen-bond acceptors (Lipinski definition) is 1. The van der Waals surface area contributed by atoms with Crippen LogP contribution in [0.3, 0.4) is 0 Å². The van der Waals surface area contributed by atoms with Gasteiger partial charge in [-0.25, -0.2) is 0 Å². The van der Waals surface area contributed by atoms with Crippen LogP contribution in [0.2, 0.25) is 0 Å². The molecule has 0 saturated carbocycles. The van der Waals surface area contributed by atoms with Crippen molar-refractivity contribution in [2.75, 3.05) is 0 Å². The first-order valence-corrected chi connectivity index (χ1v) is 10.9. The van der Waals surface area contributed by atoms with E-state index in [-0.39, 0.29) is 6.10 Å². The fourth-order valence-corrected chi connectivity index (χ4v) is 3.39. The summed E-state index contributed by atoms with van der Waals surface area (Å²) < 4.78 is 0. The molecule has 0 saturated heterocycles. The fourth-order valence-electron chi connectivity index (χ4n) is 3.39. The third kappa shape index (κ3) is 16.6. The molecule has 2 atom stereocenters. The molecule has 0 aromatic heterocycles. The van der Waals surface area contributed by atoms with Crippen LogP contribution in [-0.4, -0.2) is 11.2 Å². The highest BCUT2D eigenvalue weighted by molar-refractivity contribution is 4.65. The third-order valence-electron chi connectivity index (χ3n) is 5.27. The SMILES string of the molecule is CCCCCCCCCCCCC(O)C(C)CCCCCCC. The van der Waals surface area contributed by atoms with Crippen molar-refractivity contribution in [1.29, 1.82) is 0 Å². The Morgan fingerprint density at radius 3 is 1.30 bits per heavy atom. The van der Waals surface area contributed by atoms with E-state index in [9.17, 15) is 5.11 Å². The summed E-state index contributed by atoms with van der Waals surface area (Å²) in [5.41, 5.74) is 0. The van der Waals surface area contributed by atoms with Gasteiger partial charge in [0.15, 0.2) is 0 Å². The Balaban J connectivity index is 3.29. The van der Waals surface area contributed by atoms with Gasteiger partial charge in [0.25, 0.3) is 0 Å². The molecule has 0 heterocycles. The van der Waals surface area contributed by atoms with Crippen LogP contribution in [0.25, 0.3) is 0 Å². The molecule has 0 aromatic rings. The largest absolute Gasteiger partial charge is 0.393 e. The highest BCUT2D eigenvalue weighted by Crippen LogP contribution is 2.19. The zero-order valence-corrected chi connectivity index (χ0v) is 16.6. The van der Waals surface area contributed by atoms with Gasteiger partial charge in [0.1, 0.15) is 0 Å². The van der Waals surface area contributed by atoms with E-state index in [2.05, 4.69) is 20.8 Å². The molecule has 1 heteroatoms.